The number of ether oxygens (including phenoxy) is 1. The summed E-state index contributed by atoms with van der Waals surface area (Å²) in [7, 11) is 1.67. The first-order valence-corrected chi connectivity index (χ1v) is 12.5. The van der Waals surface area contributed by atoms with Gasteiger partial charge in [0.1, 0.15) is 23.0 Å². The molecular formula is C27H37N5O5. The molecule has 0 saturated carbocycles. The number of nitrogens with zero attached hydrogens (tertiary/aromatic N) is 4. The maximum Gasteiger partial charge on any atom is 0.321 e. The summed E-state index contributed by atoms with van der Waals surface area (Å²) in [6.07, 6.45) is 1.86. The van der Waals surface area contributed by atoms with Crippen LogP contribution in [-0.2, 0) is 0 Å². The number of rotatable bonds is 6. The summed E-state index contributed by atoms with van der Waals surface area (Å²) in [5.41, 5.74) is 2.04. The van der Waals surface area contributed by atoms with Crippen LogP contribution in [0, 0.1) is 37.5 Å². The van der Waals surface area contributed by atoms with E-state index in [1.165, 1.54) is 4.90 Å². The van der Waals surface area contributed by atoms with Crippen LogP contribution < -0.4 is 10.1 Å². The highest BCUT2D eigenvalue weighted by atomic mass is 16.5. The number of aromatic nitrogens is 2. The van der Waals surface area contributed by atoms with Crippen LogP contribution in [0.15, 0.2) is 16.8 Å². The van der Waals surface area contributed by atoms with Crippen LogP contribution >= 0.6 is 0 Å². The number of fused-ring (bicyclic) bond motifs is 1. The van der Waals surface area contributed by atoms with E-state index < -0.39 is 12.1 Å². The zero-order valence-corrected chi connectivity index (χ0v) is 22.7. The van der Waals surface area contributed by atoms with Gasteiger partial charge in [-0.25, -0.2) is 9.78 Å². The third-order valence-corrected chi connectivity index (χ3v) is 6.33. The largest absolute Gasteiger partial charge is 0.472 e. The van der Waals surface area contributed by atoms with Gasteiger partial charge in [0.15, 0.2) is 5.76 Å². The predicted octanol–water partition coefficient (Wildman–Crippen LogP) is 3.47. The zero-order valence-electron chi connectivity index (χ0n) is 22.7. The molecular weight excluding hydrogens is 474 g/mol. The van der Waals surface area contributed by atoms with Gasteiger partial charge in [-0.1, -0.05) is 37.8 Å². The minimum Gasteiger partial charge on any atom is -0.472 e. The number of amides is 3. The number of carbonyl (C=O) groups is 2. The molecule has 37 heavy (non-hydrogen) atoms. The normalized spacial score (nSPS) is 18.2. The molecule has 0 radical (unpaired) electrons. The Morgan fingerprint density at radius 2 is 2.08 bits per heavy atom. The summed E-state index contributed by atoms with van der Waals surface area (Å²) in [4.78, 5) is 34.0. The molecule has 2 N–H and O–H groups in total. The highest BCUT2D eigenvalue weighted by Gasteiger charge is 2.34. The fraction of sp³-hybridized carbons (Fsp3) is 0.556. The molecule has 1 aliphatic rings. The second-order valence-electron chi connectivity index (χ2n) is 10.1. The van der Waals surface area contributed by atoms with Crippen LogP contribution in [0.1, 0.15) is 61.5 Å². The SMILES string of the molecule is Cc1noc(C)c1NC(=O)N(C)C[C@H]1Oc2ncc(C#CCC(C)C)cc2C(=O)N([C@@H](C)CO)C[C@@H]1C. The molecule has 10 nitrogen and oxygen atoms in total. The number of carbonyl (C=O) groups excluding carboxylic acids is 2. The number of aliphatic hydroxyl groups excluding tert-OH is 1. The lowest BCUT2D eigenvalue weighted by Crippen LogP contribution is -2.50. The van der Waals surface area contributed by atoms with E-state index in [0.29, 0.717) is 35.2 Å². The van der Waals surface area contributed by atoms with Crippen LogP contribution in [0.4, 0.5) is 10.5 Å². The number of hydrogen-bond acceptors (Lipinski definition) is 7. The number of anilines is 1. The molecule has 2 aromatic rings. The zero-order chi connectivity index (χ0) is 27.3. The Balaban J connectivity index is 1.88. The summed E-state index contributed by atoms with van der Waals surface area (Å²) in [5.74, 6) is 6.90. The number of nitrogens with one attached hydrogen (secondary N) is 1. The van der Waals surface area contributed by atoms with E-state index in [9.17, 15) is 14.7 Å². The maximum atomic E-state index is 13.5. The molecule has 3 amide bonds. The average Bonchev–Trinajstić information content (AvgIpc) is 3.17. The van der Waals surface area contributed by atoms with Crippen molar-refractivity contribution in [2.24, 2.45) is 11.8 Å². The van der Waals surface area contributed by atoms with Crippen molar-refractivity contribution in [3.05, 3.63) is 34.8 Å². The Morgan fingerprint density at radius 3 is 2.70 bits per heavy atom. The fourth-order valence-corrected chi connectivity index (χ4v) is 3.96. The lowest BCUT2D eigenvalue weighted by Gasteiger charge is -2.37. The van der Waals surface area contributed by atoms with Crippen LogP contribution in [0.5, 0.6) is 5.88 Å². The molecule has 0 bridgehead atoms. The molecule has 200 valence electrons. The van der Waals surface area contributed by atoms with E-state index >= 15 is 0 Å². The van der Waals surface area contributed by atoms with Gasteiger partial charge in [-0.3, -0.25) is 4.79 Å². The second-order valence-corrected chi connectivity index (χ2v) is 10.1. The van der Waals surface area contributed by atoms with E-state index in [2.05, 4.69) is 41.1 Å². The number of aryl methyl sites for hydroxylation is 2. The van der Waals surface area contributed by atoms with Crippen molar-refractivity contribution >= 4 is 17.6 Å². The molecule has 0 spiro atoms. The molecule has 2 aromatic heterocycles. The van der Waals surface area contributed by atoms with Crippen molar-refractivity contribution in [2.75, 3.05) is 32.1 Å². The van der Waals surface area contributed by atoms with Gasteiger partial charge in [0.05, 0.1) is 19.2 Å². The summed E-state index contributed by atoms with van der Waals surface area (Å²) >= 11 is 0. The second kappa shape index (κ2) is 12.1. The van der Waals surface area contributed by atoms with Crippen molar-refractivity contribution in [2.45, 2.75) is 60.1 Å². The smallest absolute Gasteiger partial charge is 0.321 e. The van der Waals surface area contributed by atoms with E-state index in [0.717, 1.165) is 6.42 Å². The quantitative estimate of drug-likeness (QED) is 0.570. The highest BCUT2D eigenvalue weighted by molar-refractivity contribution is 5.97. The topological polar surface area (TPSA) is 121 Å². The van der Waals surface area contributed by atoms with Crippen LogP contribution in [-0.4, -0.2) is 75.9 Å². The van der Waals surface area contributed by atoms with Crippen LogP contribution in [0.2, 0.25) is 0 Å². The average molecular weight is 512 g/mol. The van der Waals surface area contributed by atoms with Gasteiger partial charge in [0.2, 0.25) is 5.88 Å². The molecule has 3 atom stereocenters. The molecule has 3 heterocycles. The molecule has 1 aliphatic heterocycles. The first-order valence-electron chi connectivity index (χ1n) is 12.5. The summed E-state index contributed by atoms with van der Waals surface area (Å²) in [5, 5.41) is 16.5. The van der Waals surface area contributed by atoms with Gasteiger partial charge >= 0.3 is 6.03 Å². The lowest BCUT2D eigenvalue weighted by atomic mass is 10.00. The Bertz CT molecular complexity index is 1160. The van der Waals surface area contributed by atoms with Crippen LogP contribution in [0.3, 0.4) is 0 Å². The first-order chi connectivity index (χ1) is 17.5. The summed E-state index contributed by atoms with van der Waals surface area (Å²) in [6, 6.07) is 0.946. The minimum absolute atomic E-state index is 0.160. The monoisotopic (exact) mass is 511 g/mol. The van der Waals surface area contributed by atoms with Crippen molar-refractivity contribution in [3.8, 4) is 17.7 Å². The summed E-state index contributed by atoms with van der Waals surface area (Å²) in [6.45, 7) is 11.8. The Morgan fingerprint density at radius 1 is 1.35 bits per heavy atom. The Kier molecular flexibility index (Phi) is 9.16. The number of pyridine rings is 1. The van der Waals surface area contributed by atoms with Gasteiger partial charge in [-0.2, -0.15) is 0 Å². The van der Waals surface area contributed by atoms with Gasteiger partial charge in [0.25, 0.3) is 5.91 Å². The van der Waals surface area contributed by atoms with Crippen molar-refractivity contribution in [1.29, 1.82) is 0 Å². The maximum absolute atomic E-state index is 13.5. The van der Waals surface area contributed by atoms with Crippen molar-refractivity contribution in [3.63, 3.8) is 0 Å². The molecule has 0 aromatic carbocycles. The number of aliphatic hydroxyl groups is 1. The molecule has 3 rings (SSSR count). The van der Waals surface area contributed by atoms with Crippen molar-refractivity contribution < 1.29 is 24.0 Å². The molecule has 10 heteroatoms. The Hall–Kier alpha value is -3.58. The number of likely N-dealkylation sites (N-methyl/N-ethyl adjacent to an activating group) is 1. The van der Waals surface area contributed by atoms with Gasteiger partial charge in [-0.15, -0.1) is 0 Å². The van der Waals surface area contributed by atoms with Gasteiger partial charge < -0.3 is 29.5 Å². The lowest BCUT2D eigenvalue weighted by molar-refractivity contribution is 0.0356. The van der Waals surface area contributed by atoms with E-state index in [-0.39, 0.29) is 42.5 Å². The minimum atomic E-state index is -0.467. The molecule has 0 unspecified atom stereocenters. The third-order valence-electron chi connectivity index (χ3n) is 6.33. The number of hydrogen-bond donors (Lipinski definition) is 2. The number of urea groups is 1. The first kappa shape index (κ1) is 28.0. The fourth-order valence-electron chi connectivity index (χ4n) is 3.96. The highest BCUT2D eigenvalue weighted by Crippen LogP contribution is 2.27. The van der Waals surface area contributed by atoms with Gasteiger partial charge in [0, 0.05) is 37.7 Å². The van der Waals surface area contributed by atoms with Crippen molar-refractivity contribution in [1.82, 2.24) is 19.9 Å². The molecule has 0 fully saturated rings. The van der Waals surface area contributed by atoms with E-state index in [1.54, 1.807) is 45.0 Å². The summed E-state index contributed by atoms with van der Waals surface area (Å²) < 4.78 is 11.4. The third kappa shape index (κ3) is 6.80. The molecule has 0 saturated heterocycles. The molecule has 0 aliphatic carbocycles. The predicted molar refractivity (Wildman–Crippen MR) is 139 cm³/mol. The standard InChI is InChI=1S/C27H37N5O5/c1-16(2)9-8-10-21-11-22-25(28-12-21)36-23(17(3)13-32(26(22)34)18(4)15-33)14-31(7)27(35)29-24-19(5)30-37-20(24)6/h11-12,16-18,23,33H,9,13-15H2,1-7H3,(H,29,35)/t17-,18-,23+/m0/s1. The van der Waals surface area contributed by atoms with E-state index in [1.807, 2.05) is 6.92 Å². The van der Waals surface area contributed by atoms with Crippen LogP contribution in [0.25, 0.3) is 0 Å². The van der Waals surface area contributed by atoms with E-state index in [4.69, 9.17) is 9.26 Å². The Labute approximate surface area is 218 Å². The van der Waals surface area contributed by atoms with Gasteiger partial charge in [-0.05, 0) is 32.8 Å².